The van der Waals surface area contributed by atoms with Crippen molar-refractivity contribution in [2.24, 2.45) is 5.92 Å². The van der Waals surface area contributed by atoms with Crippen molar-refractivity contribution in [3.05, 3.63) is 23.8 Å². The second kappa shape index (κ2) is 3.98. The summed E-state index contributed by atoms with van der Waals surface area (Å²) in [6.07, 6.45) is 2.60. The van der Waals surface area contributed by atoms with Gasteiger partial charge in [-0.1, -0.05) is 19.1 Å². The lowest BCUT2D eigenvalue weighted by Gasteiger charge is -2.33. The summed E-state index contributed by atoms with van der Waals surface area (Å²) in [5.74, 6) is 2.68. The molecule has 0 aromatic heterocycles. The van der Waals surface area contributed by atoms with E-state index in [0.717, 1.165) is 24.0 Å². The Bertz CT molecular complexity index is 386. The molecule has 3 rings (SSSR count). The van der Waals surface area contributed by atoms with Gasteiger partial charge in [0.1, 0.15) is 0 Å². The highest BCUT2D eigenvalue weighted by Gasteiger charge is 2.25. The lowest BCUT2D eigenvalue weighted by molar-refractivity contribution is 0.172. The molecule has 0 spiro atoms. The van der Waals surface area contributed by atoms with Gasteiger partial charge in [0.2, 0.25) is 6.79 Å². The van der Waals surface area contributed by atoms with Crippen LogP contribution in [-0.2, 0) is 6.54 Å². The van der Waals surface area contributed by atoms with Crippen molar-refractivity contribution in [2.75, 3.05) is 6.79 Å². The van der Waals surface area contributed by atoms with Gasteiger partial charge in [-0.05, 0) is 24.8 Å². The Morgan fingerprint density at radius 2 is 2.19 bits per heavy atom. The molecule has 3 nitrogen and oxygen atoms in total. The summed E-state index contributed by atoms with van der Waals surface area (Å²) < 4.78 is 10.8. The number of rotatable bonds is 3. The van der Waals surface area contributed by atoms with Gasteiger partial charge < -0.3 is 14.8 Å². The van der Waals surface area contributed by atoms with Crippen LogP contribution in [0, 0.1) is 5.92 Å². The molecule has 1 saturated carbocycles. The highest BCUT2D eigenvalue weighted by atomic mass is 16.7. The smallest absolute Gasteiger partial charge is 0.231 e. The fraction of sp³-hybridized carbons (Fsp3) is 0.538. The average Bonchev–Trinajstić information content (AvgIpc) is 2.71. The summed E-state index contributed by atoms with van der Waals surface area (Å²) >= 11 is 0. The standard InChI is InChI=1S/C13H17NO2/c1-9-5-11(6-9)14-7-10-3-2-4-12-13(10)16-8-15-12/h2-4,9,11,14H,5-8H2,1H3. The third kappa shape index (κ3) is 1.76. The number of para-hydroxylation sites is 1. The van der Waals surface area contributed by atoms with Crippen LogP contribution in [0.3, 0.4) is 0 Å². The molecule has 1 aliphatic heterocycles. The van der Waals surface area contributed by atoms with E-state index in [1.807, 2.05) is 12.1 Å². The van der Waals surface area contributed by atoms with Gasteiger partial charge in [-0.3, -0.25) is 0 Å². The van der Waals surface area contributed by atoms with Crippen molar-refractivity contribution in [1.82, 2.24) is 5.32 Å². The van der Waals surface area contributed by atoms with E-state index >= 15 is 0 Å². The van der Waals surface area contributed by atoms with Crippen LogP contribution in [0.1, 0.15) is 25.3 Å². The topological polar surface area (TPSA) is 30.5 Å². The zero-order chi connectivity index (χ0) is 11.0. The Morgan fingerprint density at radius 1 is 1.31 bits per heavy atom. The number of fused-ring (bicyclic) bond motifs is 1. The quantitative estimate of drug-likeness (QED) is 0.846. The Balaban J connectivity index is 1.64. The Labute approximate surface area is 95.8 Å². The van der Waals surface area contributed by atoms with Gasteiger partial charge in [0.15, 0.2) is 11.5 Å². The van der Waals surface area contributed by atoms with E-state index in [1.54, 1.807) is 0 Å². The second-order valence-corrected chi connectivity index (χ2v) is 4.81. The number of ether oxygens (including phenoxy) is 2. The van der Waals surface area contributed by atoms with Crippen molar-refractivity contribution in [3.8, 4) is 11.5 Å². The van der Waals surface area contributed by atoms with Crippen LogP contribution in [0.15, 0.2) is 18.2 Å². The Kier molecular flexibility index (Phi) is 2.48. The number of nitrogens with one attached hydrogen (secondary N) is 1. The first kappa shape index (κ1) is 9.97. The molecule has 0 saturated heterocycles. The predicted molar refractivity (Wildman–Crippen MR) is 61.6 cm³/mol. The molecule has 0 amide bonds. The van der Waals surface area contributed by atoms with E-state index in [2.05, 4.69) is 18.3 Å². The Hall–Kier alpha value is -1.22. The summed E-state index contributed by atoms with van der Waals surface area (Å²) in [5, 5.41) is 3.56. The monoisotopic (exact) mass is 219 g/mol. The van der Waals surface area contributed by atoms with Gasteiger partial charge in [-0.2, -0.15) is 0 Å². The minimum absolute atomic E-state index is 0.354. The fourth-order valence-corrected chi connectivity index (χ4v) is 2.45. The number of hydrogen-bond acceptors (Lipinski definition) is 3. The summed E-state index contributed by atoms with van der Waals surface area (Å²) in [4.78, 5) is 0. The van der Waals surface area contributed by atoms with Crippen LogP contribution in [-0.4, -0.2) is 12.8 Å². The molecule has 1 N–H and O–H groups in total. The summed E-state index contributed by atoms with van der Waals surface area (Å²) in [6, 6.07) is 6.77. The van der Waals surface area contributed by atoms with Crippen LogP contribution in [0.4, 0.5) is 0 Å². The predicted octanol–water partition coefficient (Wildman–Crippen LogP) is 2.30. The number of benzene rings is 1. The molecule has 16 heavy (non-hydrogen) atoms. The maximum absolute atomic E-state index is 5.47. The van der Waals surface area contributed by atoms with Crippen LogP contribution in [0.5, 0.6) is 11.5 Å². The Morgan fingerprint density at radius 3 is 3.00 bits per heavy atom. The molecular formula is C13H17NO2. The lowest BCUT2D eigenvalue weighted by atomic mass is 9.82. The normalized spacial score (nSPS) is 26.6. The van der Waals surface area contributed by atoms with Crippen molar-refractivity contribution < 1.29 is 9.47 Å². The zero-order valence-corrected chi connectivity index (χ0v) is 9.53. The van der Waals surface area contributed by atoms with Crippen molar-refractivity contribution in [1.29, 1.82) is 0 Å². The van der Waals surface area contributed by atoms with Crippen LogP contribution in [0.25, 0.3) is 0 Å². The van der Waals surface area contributed by atoms with Crippen molar-refractivity contribution >= 4 is 0 Å². The molecule has 1 fully saturated rings. The first-order chi connectivity index (χ1) is 7.83. The molecule has 0 radical (unpaired) electrons. The van der Waals surface area contributed by atoms with Crippen LogP contribution in [0.2, 0.25) is 0 Å². The van der Waals surface area contributed by atoms with E-state index < -0.39 is 0 Å². The molecule has 1 heterocycles. The van der Waals surface area contributed by atoms with Gasteiger partial charge >= 0.3 is 0 Å². The molecular weight excluding hydrogens is 202 g/mol. The molecule has 0 atom stereocenters. The number of hydrogen-bond donors (Lipinski definition) is 1. The largest absolute Gasteiger partial charge is 0.454 e. The first-order valence-corrected chi connectivity index (χ1v) is 5.94. The molecule has 3 heteroatoms. The van der Waals surface area contributed by atoms with E-state index in [0.29, 0.717) is 12.8 Å². The highest BCUT2D eigenvalue weighted by molar-refractivity contribution is 5.48. The molecule has 0 unspecified atom stereocenters. The third-order valence-corrected chi connectivity index (χ3v) is 3.43. The van der Waals surface area contributed by atoms with Gasteiger partial charge in [0.05, 0.1) is 0 Å². The summed E-state index contributed by atoms with van der Waals surface area (Å²) in [7, 11) is 0. The maximum Gasteiger partial charge on any atom is 0.231 e. The molecule has 0 bridgehead atoms. The fourth-order valence-electron chi connectivity index (χ4n) is 2.45. The van der Waals surface area contributed by atoms with E-state index in [-0.39, 0.29) is 0 Å². The average molecular weight is 219 g/mol. The zero-order valence-electron chi connectivity index (χ0n) is 9.53. The minimum atomic E-state index is 0.354. The SMILES string of the molecule is CC1CC(NCc2cccc3c2OCO3)C1. The summed E-state index contributed by atoms with van der Waals surface area (Å²) in [5.41, 5.74) is 1.20. The van der Waals surface area contributed by atoms with Gasteiger partial charge in [-0.25, -0.2) is 0 Å². The molecule has 1 aromatic rings. The van der Waals surface area contributed by atoms with E-state index in [4.69, 9.17) is 9.47 Å². The highest BCUT2D eigenvalue weighted by Crippen LogP contribution is 2.35. The van der Waals surface area contributed by atoms with Crippen molar-refractivity contribution in [2.45, 2.75) is 32.4 Å². The molecule has 86 valence electrons. The molecule has 1 aromatic carbocycles. The lowest BCUT2D eigenvalue weighted by Crippen LogP contribution is -2.39. The molecule has 2 aliphatic rings. The van der Waals surface area contributed by atoms with Gasteiger partial charge in [-0.15, -0.1) is 0 Å². The van der Waals surface area contributed by atoms with E-state index in [1.165, 1.54) is 18.4 Å². The van der Waals surface area contributed by atoms with Crippen LogP contribution >= 0.6 is 0 Å². The first-order valence-electron chi connectivity index (χ1n) is 5.94. The minimum Gasteiger partial charge on any atom is -0.454 e. The third-order valence-electron chi connectivity index (χ3n) is 3.43. The van der Waals surface area contributed by atoms with Gasteiger partial charge in [0.25, 0.3) is 0 Å². The van der Waals surface area contributed by atoms with E-state index in [9.17, 15) is 0 Å². The summed E-state index contributed by atoms with van der Waals surface area (Å²) in [6.45, 7) is 3.53. The molecule has 1 aliphatic carbocycles. The van der Waals surface area contributed by atoms with Crippen molar-refractivity contribution in [3.63, 3.8) is 0 Å². The maximum atomic E-state index is 5.47. The van der Waals surface area contributed by atoms with Crippen LogP contribution < -0.4 is 14.8 Å². The van der Waals surface area contributed by atoms with Gasteiger partial charge in [0, 0.05) is 18.2 Å². The second-order valence-electron chi connectivity index (χ2n) is 4.81.